The third-order valence-corrected chi connectivity index (χ3v) is 7.15. The molecule has 0 aromatic heterocycles. The molecule has 7 nitrogen and oxygen atoms in total. The SMILES string of the molecule is COC(=O)c1ccccc1NC(=O)CN(C1CCCCC1)S(=O)(=O)c1ccccc1. The van der Waals surface area contributed by atoms with Gasteiger partial charge in [-0.2, -0.15) is 4.31 Å². The summed E-state index contributed by atoms with van der Waals surface area (Å²) >= 11 is 0. The van der Waals surface area contributed by atoms with Crippen LogP contribution in [0.25, 0.3) is 0 Å². The fraction of sp³-hybridized carbons (Fsp3) is 0.364. The maximum atomic E-state index is 13.3. The monoisotopic (exact) mass is 430 g/mol. The number of hydrogen-bond donors (Lipinski definition) is 1. The molecule has 0 radical (unpaired) electrons. The van der Waals surface area contributed by atoms with Gasteiger partial charge in [0.25, 0.3) is 0 Å². The molecule has 0 unspecified atom stereocenters. The van der Waals surface area contributed by atoms with Gasteiger partial charge in [0, 0.05) is 6.04 Å². The average Bonchev–Trinajstić information content (AvgIpc) is 2.78. The van der Waals surface area contributed by atoms with Gasteiger partial charge in [-0.1, -0.05) is 49.6 Å². The molecular weight excluding hydrogens is 404 g/mol. The normalized spacial score (nSPS) is 15.0. The Bertz CT molecular complexity index is 986. The van der Waals surface area contributed by atoms with Gasteiger partial charge in [-0.15, -0.1) is 0 Å². The van der Waals surface area contributed by atoms with Crippen molar-refractivity contribution in [2.45, 2.75) is 43.0 Å². The smallest absolute Gasteiger partial charge is 0.339 e. The number of carbonyl (C=O) groups is 2. The largest absolute Gasteiger partial charge is 0.465 e. The van der Waals surface area contributed by atoms with Crippen LogP contribution in [0.2, 0.25) is 0 Å². The van der Waals surface area contributed by atoms with Crippen LogP contribution in [-0.2, 0) is 19.6 Å². The summed E-state index contributed by atoms with van der Waals surface area (Å²) in [4.78, 5) is 25.0. The molecule has 1 aliphatic carbocycles. The lowest BCUT2D eigenvalue weighted by Gasteiger charge is -2.33. The van der Waals surface area contributed by atoms with Gasteiger partial charge in [0.2, 0.25) is 15.9 Å². The van der Waals surface area contributed by atoms with Crippen molar-refractivity contribution < 1.29 is 22.7 Å². The fourth-order valence-corrected chi connectivity index (χ4v) is 5.38. The van der Waals surface area contributed by atoms with Crippen LogP contribution in [0.5, 0.6) is 0 Å². The van der Waals surface area contributed by atoms with Gasteiger partial charge < -0.3 is 10.1 Å². The van der Waals surface area contributed by atoms with Crippen molar-refractivity contribution >= 4 is 27.6 Å². The summed E-state index contributed by atoms with van der Waals surface area (Å²) in [5.74, 6) is -1.08. The summed E-state index contributed by atoms with van der Waals surface area (Å²) in [6.07, 6.45) is 4.36. The lowest BCUT2D eigenvalue weighted by atomic mass is 9.95. The third-order valence-electron chi connectivity index (χ3n) is 5.24. The number of benzene rings is 2. The Balaban J connectivity index is 1.85. The van der Waals surface area contributed by atoms with Crippen LogP contribution in [-0.4, -0.2) is 44.3 Å². The topological polar surface area (TPSA) is 92.8 Å². The first-order valence-electron chi connectivity index (χ1n) is 9.97. The molecule has 3 rings (SSSR count). The van der Waals surface area contributed by atoms with E-state index in [1.54, 1.807) is 42.5 Å². The Morgan fingerprint density at radius 2 is 1.63 bits per heavy atom. The second kappa shape index (κ2) is 9.86. The van der Waals surface area contributed by atoms with Crippen LogP contribution >= 0.6 is 0 Å². The zero-order chi connectivity index (χ0) is 21.6. The molecule has 0 bridgehead atoms. The number of rotatable bonds is 7. The number of nitrogens with zero attached hydrogens (tertiary/aromatic N) is 1. The van der Waals surface area contributed by atoms with Crippen LogP contribution in [0.4, 0.5) is 5.69 Å². The second-order valence-electron chi connectivity index (χ2n) is 7.24. The fourth-order valence-electron chi connectivity index (χ4n) is 3.72. The highest BCUT2D eigenvalue weighted by molar-refractivity contribution is 7.89. The Morgan fingerprint density at radius 3 is 2.30 bits per heavy atom. The molecule has 1 fully saturated rings. The number of sulfonamides is 1. The van der Waals surface area contributed by atoms with Gasteiger partial charge >= 0.3 is 5.97 Å². The van der Waals surface area contributed by atoms with E-state index in [1.165, 1.54) is 23.5 Å². The molecule has 0 saturated heterocycles. The number of nitrogens with one attached hydrogen (secondary N) is 1. The van der Waals surface area contributed by atoms with E-state index < -0.39 is 21.9 Å². The van der Waals surface area contributed by atoms with E-state index in [-0.39, 0.29) is 28.7 Å². The van der Waals surface area contributed by atoms with Crippen LogP contribution in [0.1, 0.15) is 42.5 Å². The number of anilines is 1. The highest BCUT2D eigenvalue weighted by Crippen LogP contribution is 2.28. The van der Waals surface area contributed by atoms with Crippen molar-refractivity contribution in [1.29, 1.82) is 0 Å². The van der Waals surface area contributed by atoms with Gasteiger partial charge in [-0.3, -0.25) is 4.79 Å². The van der Waals surface area contributed by atoms with Gasteiger partial charge in [0.15, 0.2) is 0 Å². The quantitative estimate of drug-likeness (QED) is 0.680. The lowest BCUT2D eigenvalue weighted by Crippen LogP contribution is -2.45. The van der Waals surface area contributed by atoms with Gasteiger partial charge in [-0.25, -0.2) is 13.2 Å². The molecule has 30 heavy (non-hydrogen) atoms. The zero-order valence-electron chi connectivity index (χ0n) is 16.9. The lowest BCUT2D eigenvalue weighted by molar-refractivity contribution is -0.116. The molecular formula is C22H26N2O5S. The number of methoxy groups -OCH3 is 1. The van der Waals surface area contributed by atoms with E-state index in [0.717, 1.165) is 32.1 Å². The molecule has 0 spiro atoms. The number of hydrogen-bond acceptors (Lipinski definition) is 5. The minimum Gasteiger partial charge on any atom is -0.465 e. The first kappa shape index (κ1) is 22.0. The van der Waals surface area contributed by atoms with Crippen LogP contribution < -0.4 is 5.32 Å². The van der Waals surface area contributed by atoms with Crippen molar-refractivity contribution in [3.8, 4) is 0 Å². The maximum Gasteiger partial charge on any atom is 0.339 e. The van der Waals surface area contributed by atoms with E-state index in [4.69, 9.17) is 4.74 Å². The van der Waals surface area contributed by atoms with E-state index in [1.807, 2.05) is 0 Å². The zero-order valence-corrected chi connectivity index (χ0v) is 17.7. The Kier molecular flexibility index (Phi) is 7.23. The van der Waals surface area contributed by atoms with Crippen LogP contribution in [0, 0.1) is 0 Å². The van der Waals surface area contributed by atoms with Crippen molar-refractivity contribution in [3.63, 3.8) is 0 Å². The molecule has 0 aliphatic heterocycles. The number of amides is 1. The highest BCUT2D eigenvalue weighted by atomic mass is 32.2. The molecule has 2 aromatic carbocycles. The summed E-state index contributed by atoms with van der Waals surface area (Å²) in [6, 6.07) is 14.4. The second-order valence-corrected chi connectivity index (χ2v) is 9.13. The van der Waals surface area contributed by atoms with E-state index in [2.05, 4.69) is 5.32 Å². The predicted octanol–water partition coefficient (Wildman–Crippen LogP) is 3.44. The maximum absolute atomic E-state index is 13.3. The highest BCUT2D eigenvalue weighted by Gasteiger charge is 2.34. The minimum absolute atomic E-state index is 0.165. The molecule has 1 N–H and O–H groups in total. The number of ether oxygens (including phenoxy) is 1. The Hall–Kier alpha value is -2.71. The molecule has 0 atom stereocenters. The molecule has 2 aromatic rings. The molecule has 8 heteroatoms. The molecule has 160 valence electrons. The van der Waals surface area contributed by atoms with E-state index in [0.29, 0.717) is 0 Å². The van der Waals surface area contributed by atoms with Gasteiger partial charge in [-0.05, 0) is 37.1 Å². The standard InChI is InChI=1S/C22H26N2O5S/c1-29-22(26)19-14-8-9-15-20(19)23-21(25)16-24(17-10-4-2-5-11-17)30(27,28)18-12-6-3-7-13-18/h3,6-9,12-15,17H,2,4-5,10-11,16H2,1H3,(H,23,25). The van der Waals surface area contributed by atoms with Gasteiger partial charge in [0.1, 0.15) is 0 Å². The summed E-state index contributed by atoms with van der Waals surface area (Å²) in [7, 11) is -2.58. The van der Waals surface area contributed by atoms with Crippen molar-refractivity contribution in [3.05, 3.63) is 60.2 Å². The number of esters is 1. The Morgan fingerprint density at radius 1 is 1.00 bits per heavy atom. The molecule has 1 aliphatic rings. The average molecular weight is 431 g/mol. The van der Waals surface area contributed by atoms with E-state index >= 15 is 0 Å². The summed E-state index contributed by atoms with van der Waals surface area (Å²) in [5, 5.41) is 2.67. The van der Waals surface area contributed by atoms with E-state index in [9.17, 15) is 18.0 Å². The molecule has 1 saturated carbocycles. The Labute approximate surface area is 177 Å². The third kappa shape index (κ3) is 5.06. The first-order chi connectivity index (χ1) is 14.4. The van der Waals surface area contributed by atoms with Gasteiger partial charge in [0.05, 0.1) is 29.8 Å². The molecule has 0 heterocycles. The summed E-state index contributed by atoms with van der Waals surface area (Å²) in [5.41, 5.74) is 0.499. The first-order valence-corrected chi connectivity index (χ1v) is 11.4. The number of carbonyl (C=O) groups excluding carboxylic acids is 2. The predicted molar refractivity (Wildman–Crippen MR) is 114 cm³/mol. The number of para-hydroxylation sites is 1. The minimum atomic E-state index is -3.84. The van der Waals surface area contributed by atoms with Crippen LogP contribution in [0.15, 0.2) is 59.5 Å². The molecule has 1 amide bonds. The van der Waals surface area contributed by atoms with Crippen molar-refractivity contribution in [2.24, 2.45) is 0 Å². The summed E-state index contributed by atoms with van der Waals surface area (Å²) < 4.78 is 32.7. The van der Waals surface area contributed by atoms with Crippen molar-refractivity contribution in [1.82, 2.24) is 4.31 Å². The van der Waals surface area contributed by atoms with Crippen LogP contribution in [0.3, 0.4) is 0 Å². The summed E-state index contributed by atoms with van der Waals surface area (Å²) in [6.45, 7) is -0.322. The van der Waals surface area contributed by atoms with Crippen molar-refractivity contribution in [2.75, 3.05) is 19.0 Å².